The fraction of sp³-hybridized carbons (Fsp3) is 0.600. The number of fused-ring (bicyclic) bond motifs is 1. The molecule has 3 heteroatoms. The van der Waals surface area contributed by atoms with Gasteiger partial charge in [-0.25, -0.2) is 4.57 Å². The summed E-state index contributed by atoms with van der Waals surface area (Å²) in [4.78, 5) is 14.0. The van der Waals surface area contributed by atoms with E-state index in [1.807, 2.05) is 18.7 Å². The van der Waals surface area contributed by atoms with Gasteiger partial charge in [0.25, 0.3) is 0 Å². The number of hydrogen-bond donors (Lipinski definition) is 0. The van der Waals surface area contributed by atoms with Crippen molar-refractivity contribution in [3.05, 3.63) is 29.6 Å². The van der Waals surface area contributed by atoms with Gasteiger partial charge in [-0.15, -0.1) is 0 Å². The quantitative estimate of drug-likeness (QED) is 0.734. The SMILES string of the molecule is CC(C)C(=O)N1CCc2cc[n+](C(C)C)cc2C1. The maximum atomic E-state index is 12.0. The standard InChI is InChI=1S/C15H23N2O/c1-11(2)15(18)17-8-6-13-5-7-16(12(3)4)9-14(13)10-17/h5,7,9,11-12H,6,8,10H2,1-4H3/q+1. The molecule has 0 saturated carbocycles. The lowest BCUT2D eigenvalue weighted by Gasteiger charge is -2.29. The molecule has 0 radical (unpaired) electrons. The van der Waals surface area contributed by atoms with E-state index < -0.39 is 0 Å². The molecule has 0 N–H and O–H groups in total. The van der Waals surface area contributed by atoms with Crippen LogP contribution in [0.5, 0.6) is 0 Å². The number of rotatable bonds is 2. The molecule has 0 aliphatic carbocycles. The number of amides is 1. The minimum atomic E-state index is 0.0903. The summed E-state index contributed by atoms with van der Waals surface area (Å²) in [5.74, 6) is 0.355. The zero-order valence-corrected chi connectivity index (χ0v) is 11.8. The Labute approximate surface area is 109 Å². The third-order valence-electron chi connectivity index (χ3n) is 3.58. The molecule has 3 nitrogen and oxygen atoms in total. The van der Waals surface area contributed by atoms with Crippen LogP contribution in [0.25, 0.3) is 0 Å². The third kappa shape index (κ3) is 2.55. The number of carbonyl (C=O) groups is 1. The summed E-state index contributed by atoms with van der Waals surface area (Å²) in [5.41, 5.74) is 2.69. The summed E-state index contributed by atoms with van der Waals surface area (Å²) < 4.78 is 2.21. The number of carbonyl (C=O) groups excluding carboxylic acids is 1. The van der Waals surface area contributed by atoms with E-state index in [-0.39, 0.29) is 11.8 Å². The lowest BCUT2D eigenvalue weighted by atomic mass is 10.0. The van der Waals surface area contributed by atoms with Gasteiger partial charge in [-0.2, -0.15) is 0 Å². The van der Waals surface area contributed by atoms with Crippen LogP contribution >= 0.6 is 0 Å². The first kappa shape index (κ1) is 13.1. The van der Waals surface area contributed by atoms with Crippen molar-refractivity contribution >= 4 is 5.91 Å². The van der Waals surface area contributed by atoms with Crippen LogP contribution in [0.4, 0.5) is 0 Å². The Bertz CT molecular complexity index is 452. The van der Waals surface area contributed by atoms with E-state index in [0.717, 1.165) is 19.5 Å². The van der Waals surface area contributed by atoms with Crippen LogP contribution in [0.1, 0.15) is 44.9 Å². The predicted molar refractivity (Wildman–Crippen MR) is 71.0 cm³/mol. The van der Waals surface area contributed by atoms with Crippen LogP contribution in [0.3, 0.4) is 0 Å². The molecule has 0 atom stereocenters. The Morgan fingerprint density at radius 1 is 1.28 bits per heavy atom. The van der Waals surface area contributed by atoms with Crippen molar-refractivity contribution in [1.82, 2.24) is 4.90 Å². The second kappa shape index (κ2) is 5.09. The monoisotopic (exact) mass is 247 g/mol. The molecule has 0 spiro atoms. The van der Waals surface area contributed by atoms with Crippen molar-refractivity contribution in [2.45, 2.75) is 46.7 Å². The molecule has 1 amide bonds. The maximum absolute atomic E-state index is 12.0. The Kier molecular flexibility index (Phi) is 3.69. The molecular weight excluding hydrogens is 224 g/mol. The number of hydrogen-bond acceptors (Lipinski definition) is 1. The van der Waals surface area contributed by atoms with Crippen LogP contribution in [0.15, 0.2) is 18.5 Å². The summed E-state index contributed by atoms with van der Waals surface area (Å²) in [6.45, 7) is 9.91. The van der Waals surface area contributed by atoms with Gasteiger partial charge in [-0.05, 0) is 25.8 Å². The summed E-state index contributed by atoms with van der Waals surface area (Å²) in [6.07, 6.45) is 5.32. The molecule has 2 heterocycles. The van der Waals surface area contributed by atoms with E-state index in [0.29, 0.717) is 6.04 Å². The van der Waals surface area contributed by atoms with Gasteiger partial charge >= 0.3 is 0 Å². The van der Waals surface area contributed by atoms with Crippen LogP contribution < -0.4 is 4.57 Å². The van der Waals surface area contributed by atoms with E-state index in [9.17, 15) is 4.79 Å². The third-order valence-corrected chi connectivity index (χ3v) is 3.58. The van der Waals surface area contributed by atoms with Gasteiger partial charge in [-0.3, -0.25) is 4.79 Å². The van der Waals surface area contributed by atoms with Crippen molar-refractivity contribution < 1.29 is 9.36 Å². The maximum Gasteiger partial charge on any atom is 0.225 e. The highest BCUT2D eigenvalue weighted by molar-refractivity contribution is 5.78. The van der Waals surface area contributed by atoms with E-state index in [1.54, 1.807) is 0 Å². The van der Waals surface area contributed by atoms with Crippen LogP contribution in [0, 0.1) is 5.92 Å². The second-order valence-corrected chi connectivity index (χ2v) is 5.70. The van der Waals surface area contributed by atoms with E-state index >= 15 is 0 Å². The smallest absolute Gasteiger partial charge is 0.225 e. The van der Waals surface area contributed by atoms with Gasteiger partial charge in [-0.1, -0.05) is 13.8 Å². The first-order chi connectivity index (χ1) is 8.49. The van der Waals surface area contributed by atoms with Crippen molar-refractivity contribution in [2.24, 2.45) is 5.92 Å². The summed E-state index contributed by atoms with van der Waals surface area (Å²) in [5, 5.41) is 0. The first-order valence-electron chi connectivity index (χ1n) is 6.80. The van der Waals surface area contributed by atoms with Crippen molar-refractivity contribution in [1.29, 1.82) is 0 Å². The second-order valence-electron chi connectivity index (χ2n) is 5.70. The topological polar surface area (TPSA) is 24.2 Å². The molecule has 1 aromatic rings. The molecule has 1 aromatic heterocycles. The zero-order chi connectivity index (χ0) is 13.3. The fourth-order valence-corrected chi connectivity index (χ4v) is 2.39. The lowest BCUT2D eigenvalue weighted by molar-refractivity contribution is -0.716. The molecule has 0 aromatic carbocycles. The normalized spacial score (nSPS) is 15.1. The van der Waals surface area contributed by atoms with E-state index in [4.69, 9.17) is 0 Å². The Hall–Kier alpha value is -1.38. The van der Waals surface area contributed by atoms with Gasteiger partial charge in [0, 0.05) is 24.1 Å². The van der Waals surface area contributed by atoms with Crippen LogP contribution in [-0.4, -0.2) is 17.4 Å². The highest BCUT2D eigenvalue weighted by Crippen LogP contribution is 2.19. The molecule has 0 fully saturated rings. The molecule has 18 heavy (non-hydrogen) atoms. The summed E-state index contributed by atoms with van der Waals surface area (Å²) >= 11 is 0. The Morgan fingerprint density at radius 3 is 2.61 bits per heavy atom. The molecule has 0 saturated heterocycles. The molecule has 2 rings (SSSR count). The minimum Gasteiger partial charge on any atom is -0.338 e. The van der Waals surface area contributed by atoms with Gasteiger partial charge in [0.05, 0.1) is 6.54 Å². The van der Waals surface area contributed by atoms with Crippen molar-refractivity contribution in [3.63, 3.8) is 0 Å². The minimum absolute atomic E-state index is 0.0903. The first-order valence-corrected chi connectivity index (χ1v) is 6.80. The summed E-state index contributed by atoms with van der Waals surface area (Å²) in [6, 6.07) is 2.67. The number of aromatic nitrogens is 1. The molecule has 0 unspecified atom stereocenters. The predicted octanol–water partition coefficient (Wildman–Crippen LogP) is 2.10. The van der Waals surface area contributed by atoms with Crippen LogP contribution in [-0.2, 0) is 17.8 Å². The fourth-order valence-electron chi connectivity index (χ4n) is 2.39. The Balaban J connectivity index is 2.22. The van der Waals surface area contributed by atoms with Gasteiger partial charge < -0.3 is 4.90 Å². The largest absolute Gasteiger partial charge is 0.338 e. The average molecular weight is 247 g/mol. The zero-order valence-electron chi connectivity index (χ0n) is 11.8. The average Bonchev–Trinajstić information content (AvgIpc) is 2.36. The van der Waals surface area contributed by atoms with E-state index in [1.165, 1.54) is 11.1 Å². The molecule has 0 bridgehead atoms. The summed E-state index contributed by atoms with van der Waals surface area (Å²) in [7, 11) is 0. The molecule has 98 valence electrons. The van der Waals surface area contributed by atoms with Crippen LogP contribution in [0.2, 0.25) is 0 Å². The van der Waals surface area contributed by atoms with E-state index in [2.05, 4.69) is 36.9 Å². The van der Waals surface area contributed by atoms with Crippen molar-refractivity contribution in [2.75, 3.05) is 6.54 Å². The van der Waals surface area contributed by atoms with Crippen molar-refractivity contribution in [3.8, 4) is 0 Å². The number of nitrogens with zero attached hydrogens (tertiary/aromatic N) is 2. The highest BCUT2D eigenvalue weighted by Gasteiger charge is 2.24. The van der Waals surface area contributed by atoms with Gasteiger partial charge in [0.2, 0.25) is 5.91 Å². The number of pyridine rings is 1. The van der Waals surface area contributed by atoms with Gasteiger partial charge in [0.15, 0.2) is 18.4 Å². The molecule has 1 aliphatic heterocycles. The lowest BCUT2D eigenvalue weighted by Crippen LogP contribution is -2.42. The van der Waals surface area contributed by atoms with Gasteiger partial charge in [0.1, 0.15) is 0 Å². The molecular formula is C15H23N2O+. The Morgan fingerprint density at radius 2 is 2.00 bits per heavy atom. The highest BCUT2D eigenvalue weighted by atomic mass is 16.2. The molecule has 1 aliphatic rings.